The van der Waals surface area contributed by atoms with Gasteiger partial charge in [0.2, 0.25) is 0 Å². The van der Waals surface area contributed by atoms with Crippen LogP contribution in [-0.4, -0.2) is 24.4 Å². The second-order valence-electron chi connectivity index (χ2n) is 4.66. The van der Waals surface area contributed by atoms with Gasteiger partial charge in [-0.15, -0.1) is 0 Å². The van der Waals surface area contributed by atoms with E-state index in [1.807, 2.05) is 18.2 Å². The highest BCUT2D eigenvalue weighted by atomic mass is 16.5. The van der Waals surface area contributed by atoms with Gasteiger partial charge >= 0.3 is 0 Å². The molecule has 0 fully saturated rings. The molecule has 0 aliphatic heterocycles. The van der Waals surface area contributed by atoms with E-state index in [4.69, 9.17) is 15.2 Å². The molecule has 5 nitrogen and oxygen atoms in total. The summed E-state index contributed by atoms with van der Waals surface area (Å²) in [7, 11) is 3.26. The Morgan fingerprint density at radius 1 is 1.11 bits per heavy atom. The van der Waals surface area contributed by atoms with Crippen molar-refractivity contribution in [2.45, 2.75) is 19.8 Å². The molecule has 0 saturated carbocycles. The molecular formula is C14H19N3O2. The molecule has 0 saturated heterocycles. The number of hydrogen-bond donors (Lipinski definition) is 2. The molecule has 0 atom stereocenters. The number of nitrogen functional groups attached to an aromatic ring is 1. The molecule has 5 heteroatoms. The number of anilines is 1. The Labute approximate surface area is 112 Å². The van der Waals surface area contributed by atoms with E-state index in [-0.39, 0.29) is 0 Å². The van der Waals surface area contributed by atoms with E-state index in [2.05, 4.69) is 24.0 Å². The Kier molecular flexibility index (Phi) is 3.64. The van der Waals surface area contributed by atoms with E-state index in [9.17, 15) is 0 Å². The molecule has 0 radical (unpaired) electrons. The summed E-state index contributed by atoms with van der Waals surface area (Å²) in [5.74, 6) is 2.23. The molecule has 0 unspecified atom stereocenters. The van der Waals surface area contributed by atoms with Crippen LogP contribution in [0.4, 0.5) is 5.82 Å². The van der Waals surface area contributed by atoms with Gasteiger partial charge in [-0.25, -0.2) is 0 Å². The van der Waals surface area contributed by atoms with Crippen molar-refractivity contribution in [3.05, 3.63) is 23.8 Å². The van der Waals surface area contributed by atoms with Crippen LogP contribution >= 0.6 is 0 Å². The summed E-state index contributed by atoms with van der Waals surface area (Å²) in [4.78, 5) is 0. The van der Waals surface area contributed by atoms with Crippen LogP contribution in [-0.2, 0) is 0 Å². The van der Waals surface area contributed by atoms with E-state index < -0.39 is 0 Å². The second kappa shape index (κ2) is 5.22. The quantitative estimate of drug-likeness (QED) is 0.887. The minimum atomic E-state index is 0.347. The fourth-order valence-corrected chi connectivity index (χ4v) is 2.08. The van der Waals surface area contributed by atoms with Crippen molar-refractivity contribution in [3.8, 4) is 22.8 Å². The van der Waals surface area contributed by atoms with Crippen LogP contribution in [0.1, 0.15) is 25.3 Å². The monoisotopic (exact) mass is 261 g/mol. The first-order chi connectivity index (χ1) is 9.06. The maximum atomic E-state index is 5.67. The van der Waals surface area contributed by atoms with Gasteiger partial charge in [-0.1, -0.05) is 13.8 Å². The van der Waals surface area contributed by atoms with Crippen molar-refractivity contribution in [2.24, 2.45) is 0 Å². The van der Waals surface area contributed by atoms with E-state index in [0.717, 1.165) is 22.6 Å². The molecule has 102 valence electrons. The molecule has 2 rings (SSSR count). The topological polar surface area (TPSA) is 73.2 Å². The van der Waals surface area contributed by atoms with Gasteiger partial charge in [0.05, 0.1) is 19.9 Å². The van der Waals surface area contributed by atoms with Crippen molar-refractivity contribution in [1.29, 1.82) is 0 Å². The van der Waals surface area contributed by atoms with Crippen LogP contribution in [0.15, 0.2) is 18.2 Å². The van der Waals surface area contributed by atoms with Crippen LogP contribution in [0.2, 0.25) is 0 Å². The normalized spacial score (nSPS) is 10.8. The standard InChI is InChI=1S/C14H19N3O2/c1-8(2)9-5-12(18-3)13(19-4)6-10(9)11-7-14(15)17-16-11/h5-8H,1-4H3,(H3,15,16,17). The Morgan fingerprint density at radius 2 is 1.74 bits per heavy atom. The van der Waals surface area contributed by atoms with Crippen LogP contribution in [0.25, 0.3) is 11.3 Å². The maximum absolute atomic E-state index is 5.67. The van der Waals surface area contributed by atoms with Crippen molar-refractivity contribution < 1.29 is 9.47 Å². The lowest BCUT2D eigenvalue weighted by atomic mass is 9.94. The summed E-state index contributed by atoms with van der Waals surface area (Å²) in [5, 5.41) is 6.91. The van der Waals surface area contributed by atoms with Gasteiger partial charge in [-0.2, -0.15) is 5.10 Å². The van der Waals surface area contributed by atoms with E-state index in [0.29, 0.717) is 17.5 Å². The molecule has 3 N–H and O–H groups in total. The predicted molar refractivity (Wildman–Crippen MR) is 75.6 cm³/mol. The molecule has 1 heterocycles. The van der Waals surface area contributed by atoms with Crippen molar-refractivity contribution >= 4 is 5.82 Å². The van der Waals surface area contributed by atoms with Gasteiger partial charge in [-0.05, 0) is 23.6 Å². The van der Waals surface area contributed by atoms with Gasteiger partial charge in [0.25, 0.3) is 0 Å². The van der Waals surface area contributed by atoms with Crippen LogP contribution < -0.4 is 15.2 Å². The number of hydrogen-bond acceptors (Lipinski definition) is 4. The predicted octanol–water partition coefficient (Wildman–Crippen LogP) is 2.80. The second-order valence-corrected chi connectivity index (χ2v) is 4.66. The molecule has 19 heavy (non-hydrogen) atoms. The van der Waals surface area contributed by atoms with Crippen LogP contribution in [0.5, 0.6) is 11.5 Å². The Balaban J connectivity index is 2.63. The molecule has 0 amide bonds. The Morgan fingerprint density at radius 3 is 2.21 bits per heavy atom. The number of ether oxygens (including phenoxy) is 2. The number of H-pyrrole nitrogens is 1. The lowest BCUT2D eigenvalue weighted by Crippen LogP contribution is -1.98. The Hall–Kier alpha value is -2.17. The van der Waals surface area contributed by atoms with Crippen LogP contribution in [0.3, 0.4) is 0 Å². The number of methoxy groups -OCH3 is 2. The minimum Gasteiger partial charge on any atom is -0.493 e. The van der Waals surface area contributed by atoms with E-state index >= 15 is 0 Å². The van der Waals surface area contributed by atoms with Crippen LogP contribution in [0, 0.1) is 0 Å². The van der Waals surface area contributed by atoms with Gasteiger partial charge < -0.3 is 15.2 Å². The molecule has 0 bridgehead atoms. The Bertz CT molecular complexity index is 576. The summed E-state index contributed by atoms with van der Waals surface area (Å²) in [6.45, 7) is 4.26. The zero-order chi connectivity index (χ0) is 14.0. The lowest BCUT2D eigenvalue weighted by Gasteiger charge is -2.16. The van der Waals surface area contributed by atoms with Gasteiger partial charge in [0.1, 0.15) is 5.82 Å². The number of benzene rings is 1. The smallest absolute Gasteiger partial charge is 0.161 e. The number of aromatic nitrogens is 2. The molecule has 1 aromatic carbocycles. The average Bonchev–Trinajstić information content (AvgIpc) is 2.83. The summed E-state index contributed by atoms with van der Waals surface area (Å²) in [6.07, 6.45) is 0. The maximum Gasteiger partial charge on any atom is 0.161 e. The molecule has 2 aromatic rings. The summed E-state index contributed by atoms with van der Waals surface area (Å²) >= 11 is 0. The first-order valence-corrected chi connectivity index (χ1v) is 6.14. The number of nitrogens with one attached hydrogen (secondary N) is 1. The third-order valence-corrected chi connectivity index (χ3v) is 3.07. The molecule has 0 aliphatic rings. The van der Waals surface area contributed by atoms with Crippen molar-refractivity contribution in [2.75, 3.05) is 20.0 Å². The third-order valence-electron chi connectivity index (χ3n) is 3.07. The molecule has 0 aliphatic carbocycles. The lowest BCUT2D eigenvalue weighted by molar-refractivity contribution is 0.354. The van der Waals surface area contributed by atoms with Gasteiger partial charge in [0.15, 0.2) is 11.5 Å². The summed E-state index contributed by atoms with van der Waals surface area (Å²) < 4.78 is 10.7. The van der Waals surface area contributed by atoms with Gasteiger partial charge in [-0.3, -0.25) is 5.10 Å². The molecule has 1 aromatic heterocycles. The third kappa shape index (κ3) is 2.50. The van der Waals surface area contributed by atoms with E-state index in [1.54, 1.807) is 14.2 Å². The number of nitrogens with two attached hydrogens (primary N) is 1. The average molecular weight is 261 g/mol. The zero-order valence-electron chi connectivity index (χ0n) is 11.7. The van der Waals surface area contributed by atoms with Crippen molar-refractivity contribution in [3.63, 3.8) is 0 Å². The fourth-order valence-electron chi connectivity index (χ4n) is 2.08. The summed E-state index contributed by atoms with van der Waals surface area (Å²) in [5.41, 5.74) is 8.73. The highest BCUT2D eigenvalue weighted by Crippen LogP contribution is 2.38. The summed E-state index contributed by atoms with van der Waals surface area (Å²) in [6, 6.07) is 5.75. The van der Waals surface area contributed by atoms with Crippen molar-refractivity contribution in [1.82, 2.24) is 10.2 Å². The largest absolute Gasteiger partial charge is 0.493 e. The molecular weight excluding hydrogens is 242 g/mol. The number of nitrogens with zero attached hydrogens (tertiary/aromatic N) is 1. The fraction of sp³-hybridized carbons (Fsp3) is 0.357. The first-order valence-electron chi connectivity index (χ1n) is 6.14. The SMILES string of the molecule is COc1cc(-c2cc(N)n[nH]2)c(C(C)C)cc1OC. The van der Waals surface area contributed by atoms with Gasteiger partial charge in [0, 0.05) is 11.6 Å². The highest BCUT2D eigenvalue weighted by Gasteiger charge is 2.16. The minimum absolute atomic E-state index is 0.347. The first kappa shape index (κ1) is 13.3. The molecule has 0 spiro atoms. The number of rotatable bonds is 4. The highest BCUT2D eigenvalue weighted by molar-refractivity contribution is 5.70. The zero-order valence-corrected chi connectivity index (χ0v) is 11.7. The van der Waals surface area contributed by atoms with E-state index in [1.165, 1.54) is 0 Å². The number of aromatic amines is 1.